The van der Waals surface area contributed by atoms with Crippen LogP contribution in [0.4, 0.5) is 8.78 Å². The first-order chi connectivity index (χ1) is 13.4. The van der Waals surface area contributed by atoms with Crippen molar-refractivity contribution in [2.75, 3.05) is 13.1 Å². The van der Waals surface area contributed by atoms with E-state index in [0.29, 0.717) is 11.8 Å². The van der Waals surface area contributed by atoms with Crippen molar-refractivity contribution in [3.63, 3.8) is 0 Å². The molecule has 0 aromatic carbocycles. The lowest BCUT2D eigenvalue weighted by Gasteiger charge is -2.35. The standard InChI is InChI=1S/C20H27F2N5O/c1-13(18(23)19(28)26-10-9-20(21,22)11-26)14-5-7-15(8-6-14)16-3-2-4-17-24-12-25-27(16)17/h2-4,12-15,18H,5-11,23H2,1H3/t13?,14?,15?,18-/m0/s1. The summed E-state index contributed by atoms with van der Waals surface area (Å²) in [6.07, 6.45) is 5.23. The van der Waals surface area contributed by atoms with Crippen LogP contribution in [0.1, 0.15) is 50.6 Å². The van der Waals surface area contributed by atoms with Crippen molar-refractivity contribution in [2.45, 2.75) is 56.9 Å². The Morgan fingerprint density at radius 1 is 1.29 bits per heavy atom. The smallest absolute Gasteiger partial charge is 0.267 e. The van der Waals surface area contributed by atoms with Crippen molar-refractivity contribution in [3.8, 4) is 0 Å². The van der Waals surface area contributed by atoms with Crippen molar-refractivity contribution in [1.82, 2.24) is 19.5 Å². The van der Waals surface area contributed by atoms with Crippen LogP contribution < -0.4 is 5.73 Å². The number of halogens is 2. The molecule has 1 amide bonds. The van der Waals surface area contributed by atoms with E-state index in [4.69, 9.17) is 5.73 Å². The van der Waals surface area contributed by atoms with E-state index >= 15 is 0 Å². The van der Waals surface area contributed by atoms with Crippen molar-refractivity contribution in [3.05, 3.63) is 30.2 Å². The molecule has 2 N–H and O–H groups in total. The molecule has 2 aromatic rings. The maximum Gasteiger partial charge on any atom is 0.267 e. The van der Waals surface area contributed by atoms with Gasteiger partial charge in [0, 0.05) is 24.6 Å². The van der Waals surface area contributed by atoms with Crippen LogP contribution in [-0.2, 0) is 4.79 Å². The molecular weight excluding hydrogens is 364 g/mol. The second kappa shape index (κ2) is 7.39. The predicted octanol–water partition coefficient (Wildman–Crippen LogP) is 2.83. The van der Waals surface area contributed by atoms with E-state index in [1.807, 2.05) is 23.6 Å². The van der Waals surface area contributed by atoms with E-state index < -0.39 is 18.5 Å². The number of hydrogen-bond donors (Lipinski definition) is 1. The molecule has 0 spiro atoms. The molecule has 2 atom stereocenters. The second-order valence-corrected chi connectivity index (χ2v) is 8.34. The summed E-state index contributed by atoms with van der Waals surface area (Å²) in [7, 11) is 0. The van der Waals surface area contributed by atoms with E-state index in [1.165, 1.54) is 10.6 Å². The number of aromatic nitrogens is 3. The van der Waals surface area contributed by atoms with Crippen LogP contribution in [0, 0.1) is 11.8 Å². The molecule has 6 nitrogen and oxygen atoms in total. The number of fused-ring (bicyclic) bond motifs is 1. The highest BCUT2D eigenvalue weighted by molar-refractivity contribution is 5.82. The molecule has 4 rings (SSSR count). The van der Waals surface area contributed by atoms with Crippen LogP contribution in [0.25, 0.3) is 5.65 Å². The van der Waals surface area contributed by atoms with Gasteiger partial charge in [0.1, 0.15) is 6.33 Å². The van der Waals surface area contributed by atoms with Gasteiger partial charge in [-0.15, -0.1) is 0 Å². The minimum atomic E-state index is -2.78. The normalized spacial score (nSPS) is 27.1. The largest absolute Gasteiger partial charge is 0.335 e. The summed E-state index contributed by atoms with van der Waals surface area (Å²) in [6, 6.07) is 5.33. The summed E-state index contributed by atoms with van der Waals surface area (Å²) in [5.41, 5.74) is 8.23. The summed E-state index contributed by atoms with van der Waals surface area (Å²) in [6.45, 7) is 1.59. The van der Waals surface area contributed by atoms with Gasteiger partial charge in [-0.2, -0.15) is 5.10 Å². The van der Waals surface area contributed by atoms with Gasteiger partial charge in [0.2, 0.25) is 5.91 Å². The number of amides is 1. The summed E-state index contributed by atoms with van der Waals surface area (Å²) in [5.74, 6) is -2.41. The first-order valence-corrected chi connectivity index (χ1v) is 10.1. The highest BCUT2D eigenvalue weighted by Gasteiger charge is 2.43. The lowest BCUT2D eigenvalue weighted by atomic mass is 9.73. The van der Waals surface area contributed by atoms with Gasteiger partial charge in [-0.05, 0) is 49.7 Å². The van der Waals surface area contributed by atoms with E-state index in [0.717, 1.165) is 31.3 Å². The maximum atomic E-state index is 13.4. The highest BCUT2D eigenvalue weighted by Crippen LogP contribution is 2.39. The Hall–Kier alpha value is -2.09. The van der Waals surface area contributed by atoms with E-state index in [2.05, 4.69) is 16.1 Å². The first-order valence-electron chi connectivity index (χ1n) is 10.1. The van der Waals surface area contributed by atoms with Crippen molar-refractivity contribution >= 4 is 11.6 Å². The van der Waals surface area contributed by atoms with Crippen molar-refractivity contribution in [1.29, 1.82) is 0 Å². The van der Waals surface area contributed by atoms with E-state index in [9.17, 15) is 13.6 Å². The molecule has 1 unspecified atom stereocenters. The number of hydrogen-bond acceptors (Lipinski definition) is 4. The number of nitrogens with zero attached hydrogens (tertiary/aromatic N) is 4. The van der Waals surface area contributed by atoms with Gasteiger partial charge in [-0.25, -0.2) is 18.3 Å². The van der Waals surface area contributed by atoms with Gasteiger partial charge < -0.3 is 10.6 Å². The molecule has 0 bridgehead atoms. The van der Waals surface area contributed by atoms with Gasteiger partial charge in [0.25, 0.3) is 5.92 Å². The SMILES string of the molecule is CC(C1CCC(c2cccc3ncnn23)CC1)[C@H](N)C(=O)N1CCC(F)(F)C1. The van der Waals surface area contributed by atoms with Crippen LogP contribution in [0.5, 0.6) is 0 Å². The predicted molar refractivity (Wildman–Crippen MR) is 101 cm³/mol. The molecule has 1 saturated carbocycles. The number of rotatable bonds is 4. The number of carbonyl (C=O) groups excluding carboxylic acids is 1. The molecular formula is C20H27F2N5O. The lowest BCUT2D eigenvalue weighted by molar-refractivity contribution is -0.134. The van der Waals surface area contributed by atoms with Crippen molar-refractivity contribution < 1.29 is 13.6 Å². The third kappa shape index (κ3) is 3.62. The van der Waals surface area contributed by atoms with Crippen LogP contribution in [-0.4, -0.2) is 50.5 Å². The minimum Gasteiger partial charge on any atom is -0.335 e. The summed E-state index contributed by atoms with van der Waals surface area (Å²) >= 11 is 0. The molecule has 2 fully saturated rings. The molecule has 2 aromatic heterocycles. The Kier molecular flexibility index (Phi) is 5.07. The number of likely N-dealkylation sites (tertiary alicyclic amines) is 1. The van der Waals surface area contributed by atoms with Crippen LogP contribution in [0.3, 0.4) is 0 Å². The zero-order chi connectivity index (χ0) is 19.9. The summed E-state index contributed by atoms with van der Waals surface area (Å²) < 4.78 is 28.7. The van der Waals surface area contributed by atoms with Crippen LogP contribution >= 0.6 is 0 Å². The molecule has 1 aliphatic carbocycles. The van der Waals surface area contributed by atoms with Crippen LogP contribution in [0.15, 0.2) is 24.5 Å². The summed E-state index contributed by atoms with van der Waals surface area (Å²) in [4.78, 5) is 18.1. The van der Waals surface area contributed by atoms with Gasteiger partial charge in [-0.3, -0.25) is 4.79 Å². The molecule has 2 aliphatic rings. The first kappa shape index (κ1) is 19.2. The number of alkyl halides is 2. The Bertz CT molecular complexity index is 846. The Morgan fingerprint density at radius 2 is 2.04 bits per heavy atom. The summed E-state index contributed by atoms with van der Waals surface area (Å²) in [5, 5.41) is 4.33. The zero-order valence-electron chi connectivity index (χ0n) is 16.1. The van der Waals surface area contributed by atoms with E-state index in [1.54, 1.807) is 6.33 Å². The topological polar surface area (TPSA) is 76.5 Å². The zero-order valence-corrected chi connectivity index (χ0v) is 16.1. The van der Waals surface area contributed by atoms with E-state index in [-0.39, 0.29) is 24.8 Å². The molecule has 3 heterocycles. The quantitative estimate of drug-likeness (QED) is 0.870. The third-order valence-corrected chi connectivity index (χ3v) is 6.60. The minimum absolute atomic E-state index is 0.0233. The molecule has 0 radical (unpaired) electrons. The fraction of sp³-hybridized carbons (Fsp3) is 0.650. The number of carbonyl (C=O) groups is 1. The van der Waals surface area contributed by atoms with Gasteiger partial charge in [0.15, 0.2) is 5.65 Å². The van der Waals surface area contributed by atoms with Crippen molar-refractivity contribution in [2.24, 2.45) is 17.6 Å². The maximum absolute atomic E-state index is 13.4. The fourth-order valence-electron chi connectivity index (χ4n) is 4.77. The molecule has 152 valence electrons. The number of pyridine rings is 1. The third-order valence-electron chi connectivity index (χ3n) is 6.60. The molecule has 1 aliphatic heterocycles. The highest BCUT2D eigenvalue weighted by atomic mass is 19.3. The second-order valence-electron chi connectivity index (χ2n) is 8.34. The molecule has 8 heteroatoms. The Balaban J connectivity index is 1.37. The van der Waals surface area contributed by atoms with Gasteiger partial charge in [-0.1, -0.05) is 13.0 Å². The molecule has 28 heavy (non-hydrogen) atoms. The number of nitrogens with two attached hydrogens (primary N) is 1. The average Bonchev–Trinajstić information content (AvgIpc) is 3.32. The Morgan fingerprint density at radius 3 is 2.71 bits per heavy atom. The lowest BCUT2D eigenvalue weighted by Crippen LogP contribution is -2.49. The molecule has 1 saturated heterocycles. The Labute approximate surface area is 163 Å². The monoisotopic (exact) mass is 391 g/mol. The van der Waals surface area contributed by atoms with Gasteiger partial charge in [0.05, 0.1) is 12.6 Å². The van der Waals surface area contributed by atoms with Crippen LogP contribution in [0.2, 0.25) is 0 Å². The fourth-order valence-corrected chi connectivity index (χ4v) is 4.77. The average molecular weight is 391 g/mol. The van der Waals surface area contributed by atoms with Gasteiger partial charge >= 0.3 is 0 Å².